The summed E-state index contributed by atoms with van der Waals surface area (Å²) in [5, 5.41) is 0. The molecule has 0 amide bonds. The van der Waals surface area contributed by atoms with Crippen LogP contribution in [0.15, 0.2) is 30.3 Å². The van der Waals surface area contributed by atoms with E-state index in [2.05, 4.69) is 9.80 Å². The Bertz CT molecular complexity index is 446. The van der Waals surface area contributed by atoms with Gasteiger partial charge in [0.15, 0.2) is 5.78 Å². The molecule has 0 radical (unpaired) electrons. The highest BCUT2D eigenvalue weighted by molar-refractivity contribution is 5.97. The van der Waals surface area contributed by atoms with Gasteiger partial charge in [0.05, 0.1) is 6.54 Å². The Labute approximate surface area is 127 Å². The van der Waals surface area contributed by atoms with Gasteiger partial charge in [-0.25, -0.2) is 0 Å². The number of nitrogens with zero attached hydrogens (tertiary/aromatic N) is 2. The Balaban J connectivity index is 1.46. The Morgan fingerprint density at radius 2 is 1.62 bits per heavy atom. The fraction of sp³-hybridized carbons (Fsp3) is 0.611. The largest absolute Gasteiger partial charge is 0.300 e. The molecule has 1 aromatic rings. The van der Waals surface area contributed by atoms with E-state index < -0.39 is 0 Å². The van der Waals surface area contributed by atoms with Gasteiger partial charge >= 0.3 is 0 Å². The van der Waals surface area contributed by atoms with E-state index in [0.29, 0.717) is 6.54 Å². The van der Waals surface area contributed by atoms with Crippen molar-refractivity contribution in [1.29, 1.82) is 0 Å². The molecule has 2 aliphatic rings. The maximum absolute atomic E-state index is 12.2. The number of ketones is 1. The predicted octanol–water partition coefficient (Wildman–Crippen LogP) is 2.82. The molecule has 1 aromatic carbocycles. The van der Waals surface area contributed by atoms with E-state index in [4.69, 9.17) is 0 Å². The number of piperidine rings is 2. The highest BCUT2D eigenvalue weighted by Crippen LogP contribution is 2.21. The van der Waals surface area contributed by atoms with Crippen molar-refractivity contribution in [2.45, 2.75) is 38.1 Å². The van der Waals surface area contributed by atoms with Crippen molar-refractivity contribution in [3.05, 3.63) is 35.9 Å². The molecule has 0 spiro atoms. The van der Waals surface area contributed by atoms with Crippen molar-refractivity contribution < 1.29 is 4.79 Å². The molecule has 2 saturated heterocycles. The zero-order chi connectivity index (χ0) is 14.5. The number of Topliss-reactive ketones (excluding diaryl/α,β-unsaturated/α-hetero) is 1. The summed E-state index contributed by atoms with van der Waals surface area (Å²) in [4.78, 5) is 17.3. The molecule has 114 valence electrons. The zero-order valence-electron chi connectivity index (χ0n) is 12.8. The minimum atomic E-state index is 0.257. The van der Waals surface area contributed by atoms with Crippen LogP contribution in [0, 0.1) is 0 Å². The van der Waals surface area contributed by atoms with Gasteiger partial charge in [0.25, 0.3) is 0 Å². The summed E-state index contributed by atoms with van der Waals surface area (Å²) in [6.07, 6.45) is 6.59. The lowest BCUT2D eigenvalue weighted by molar-refractivity contribution is 0.0775. The van der Waals surface area contributed by atoms with Crippen LogP contribution in [0.3, 0.4) is 0 Å². The standard InChI is InChI=1S/C18H26N2O/c21-18(16-7-3-1-4-8-16)15-19-13-9-17(10-14-19)20-11-5-2-6-12-20/h1,3-4,7-8,17H,2,5-6,9-15H2. The molecular formula is C18H26N2O. The van der Waals surface area contributed by atoms with E-state index in [-0.39, 0.29) is 5.78 Å². The molecule has 0 atom stereocenters. The van der Waals surface area contributed by atoms with Crippen molar-refractivity contribution in [2.75, 3.05) is 32.7 Å². The maximum Gasteiger partial charge on any atom is 0.176 e. The summed E-state index contributed by atoms with van der Waals surface area (Å²) < 4.78 is 0. The Morgan fingerprint density at radius 1 is 0.952 bits per heavy atom. The number of hydrogen-bond donors (Lipinski definition) is 0. The van der Waals surface area contributed by atoms with Crippen LogP contribution in [0.1, 0.15) is 42.5 Å². The van der Waals surface area contributed by atoms with E-state index >= 15 is 0 Å². The number of carbonyl (C=O) groups excluding carboxylic acids is 1. The summed E-state index contributed by atoms with van der Waals surface area (Å²) in [7, 11) is 0. The number of rotatable bonds is 4. The zero-order valence-corrected chi connectivity index (χ0v) is 12.8. The average Bonchev–Trinajstić information content (AvgIpc) is 2.57. The van der Waals surface area contributed by atoms with Crippen LogP contribution in [0.2, 0.25) is 0 Å². The first-order valence-electron chi connectivity index (χ1n) is 8.37. The molecule has 0 unspecified atom stereocenters. The summed E-state index contributed by atoms with van der Waals surface area (Å²) in [5.41, 5.74) is 0.843. The smallest absolute Gasteiger partial charge is 0.176 e. The van der Waals surface area contributed by atoms with Gasteiger partial charge in [0.2, 0.25) is 0 Å². The summed E-state index contributed by atoms with van der Waals surface area (Å²) >= 11 is 0. The Morgan fingerprint density at radius 3 is 2.29 bits per heavy atom. The van der Waals surface area contributed by atoms with Crippen LogP contribution >= 0.6 is 0 Å². The third-order valence-electron chi connectivity index (χ3n) is 4.93. The van der Waals surface area contributed by atoms with Crippen molar-refractivity contribution in [2.24, 2.45) is 0 Å². The van der Waals surface area contributed by atoms with E-state index in [1.807, 2.05) is 30.3 Å². The first-order valence-corrected chi connectivity index (χ1v) is 8.37. The number of hydrogen-bond acceptors (Lipinski definition) is 3. The molecule has 3 heteroatoms. The molecule has 0 aromatic heterocycles. The molecule has 0 bridgehead atoms. The lowest BCUT2D eigenvalue weighted by Gasteiger charge is -2.40. The van der Waals surface area contributed by atoms with Crippen LogP contribution in [0.25, 0.3) is 0 Å². The molecule has 3 rings (SSSR count). The summed E-state index contributed by atoms with van der Waals surface area (Å²) in [5.74, 6) is 0.257. The molecule has 2 fully saturated rings. The van der Waals surface area contributed by atoms with Gasteiger partial charge in [0, 0.05) is 24.7 Å². The van der Waals surface area contributed by atoms with Gasteiger partial charge in [0.1, 0.15) is 0 Å². The van der Waals surface area contributed by atoms with Gasteiger partial charge < -0.3 is 4.90 Å². The van der Waals surface area contributed by atoms with E-state index in [1.54, 1.807) is 0 Å². The summed E-state index contributed by atoms with van der Waals surface area (Å²) in [6.45, 7) is 5.29. The maximum atomic E-state index is 12.2. The fourth-order valence-electron chi connectivity index (χ4n) is 3.64. The minimum absolute atomic E-state index is 0.257. The predicted molar refractivity (Wildman–Crippen MR) is 85.7 cm³/mol. The highest BCUT2D eigenvalue weighted by Gasteiger charge is 2.26. The average molecular weight is 286 g/mol. The Kier molecular flexibility index (Phi) is 5.04. The number of likely N-dealkylation sites (tertiary alicyclic amines) is 2. The van der Waals surface area contributed by atoms with Crippen LogP contribution < -0.4 is 0 Å². The summed E-state index contributed by atoms with van der Waals surface area (Å²) in [6, 6.07) is 10.4. The van der Waals surface area contributed by atoms with Crippen LogP contribution in [0.5, 0.6) is 0 Å². The van der Waals surface area contributed by atoms with Crippen molar-refractivity contribution >= 4 is 5.78 Å². The molecule has 2 aliphatic heterocycles. The van der Waals surface area contributed by atoms with Gasteiger partial charge in [-0.15, -0.1) is 0 Å². The second-order valence-electron chi connectivity index (χ2n) is 6.39. The third kappa shape index (κ3) is 3.92. The quantitative estimate of drug-likeness (QED) is 0.795. The van der Waals surface area contributed by atoms with Crippen LogP contribution in [0.4, 0.5) is 0 Å². The van der Waals surface area contributed by atoms with Crippen molar-refractivity contribution in [3.63, 3.8) is 0 Å². The Hall–Kier alpha value is -1.19. The molecular weight excluding hydrogens is 260 g/mol. The normalized spacial score (nSPS) is 22.3. The minimum Gasteiger partial charge on any atom is -0.300 e. The molecule has 0 N–H and O–H groups in total. The first-order chi connectivity index (χ1) is 10.3. The first kappa shape index (κ1) is 14.7. The number of carbonyl (C=O) groups is 1. The molecule has 0 aliphatic carbocycles. The molecule has 21 heavy (non-hydrogen) atoms. The fourth-order valence-corrected chi connectivity index (χ4v) is 3.64. The van der Waals surface area contributed by atoms with E-state index in [1.165, 1.54) is 45.2 Å². The SMILES string of the molecule is O=C(CN1CCC(N2CCCCC2)CC1)c1ccccc1. The monoisotopic (exact) mass is 286 g/mol. The second kappa shape index (κ2) is 7.19. The number of benzene rings is 1. The van der Waals surface area contributed by atoms with E-state index in [9.17, 15) is 4.79 Å². The lowest BCUT2D eigenvalue weighted by atomic mass is 9.99. The third-order valence-corrected chi connectivity index (χ3v) is 4.93. The molecule has 3 nitrogen and oxygen atoms in total. The van der Waals surface area contributed by atoms with Crippen LogP contribution in [-0.2, 0) is 0 Å². The van der Waals surface area contributed by atoms with Crippen LogP contribution in [-0.4, -0.2) is 54.3 Å². The molecule has 0 saturated carbocycles. The van der Waals surface area contributed by atoms with Gasteiger partial charge in [-0.1, -0.05) is 36.8 Å². The second-order valence-corrected chi connectivity index (χ2v) is 6.39. The van der Waals surface area contributed by atoms with Gasteiger partial charge in [-0.2, -0.15) is 0 Å². The van der Waals surface area contributed by atoms with E-state index in [0.717, 1.165) is 24.7 Å². The molecule has 2 heterocycles. The topological polar surface area (TPSA) is 23.6 Å². The lowest BCUT2D eigenvalue weighted by Crippen LogP contribution is -2.47. The van der Waals surface area contributed by atoms with Gasteiger partial charge in [-0.05, 0) is 38.8 Å². The van der Waals surface area contributed by atoms with Gasteiger partial charge in [-0.3, -0.25) is 9.69 Å². The van der Waals surface area contributed by atoms with Crippen molar-refractivity contribution in [3.8, 4) is 0 Å². The highest BCUT2D eigenvalue weighted by atomic mass is 16.1. The van der Waals surface area contributed by atoms with Crippen molar-refractivity contribution in [1.82, 2.24) is 9.80 Å².